The number of rotatable bonds is 20. The van der Waals surface area contributed by atoms with Gasteiger partial charge in [0.2, 0.25) is 0 Å². The molecule has 1 fully saturated rings. The van der Waals surface area contributed by atoms with E-state index >= 15 is 4.39 Å². The Morgan fingerprint density at radius 2 is 1.64 bits per heavy atom. The van der Waals surface area contributed by atoms with Crippen LogP contribution in [0.25, 0.3) is 54.4 Å². The van der Waals surface area contributed by atoms with E-state index in [1.54, 1.807) is 17.4 Å². The molecule has 1 aliphatic rings. The zero-order chi connectivity index (χ0) is 45.6. The number of amides is 1. The average molecular weight is 910 g/mol. The van der Waals surface area contributed by atoms with Gasteiger partial charge in [0, 0.05) is 84.5 Å². The molecular formula is C53H60FN7O4S. The zero-order valence-electron chi connectivity index (χ0n) is 38.6. The fourth-order valence-corrected chi connectivity index (χ4v) is 10.2. The molecule has 8 aromatic rings. The van der Waals surface area contributed by atoms with E-state index in [-0.39, 0.29) is 18.3 Å². The van der Waals surface area contributed by atoms with Crippen molar-refractivity contribution in [2.45, 2.75) is 79.4 Å². The van der Waals surface area contributed by atoms with Crippen molar-refractivity contribution >= 4 is 50.1 Å². The molecule has 4 aromatic heterocycles. The summed E-state index contributed by atoms with van der Waals surface area (Å²) in [5.74, 6) is 1.05. The Kier molecular flexibility index (Phi) is 14.2. The van der Waals surface area contributed by atoms with Crippen LogP contribution in [0.2, 0.25) is 0 Å². The lowest BCUT2D eigenvalue weighted by molar-refractivity contribution is -0.123. The number of thiophene rings is 1. The first-order chi connectivity index (χ1) is 32.2. The summed E-state index contributed by atoms with van der Waals surface area (Å²) >= 11 is 1.80. The Bertz CT molecular complexity index is 2940. The number of ether oxygens (including phenoxy) is 2. The lowest BCUT2D eigenvalue weighted by atomic mass is 10.0. The molecule has 4 aromatic carbocycles. The second-order valence-electron chi connectivity index (χ2n) is 17.5. The molecule has 1 saturated heterocycles. The highest BCUT2D eigenvalue weighted by molar-refractivity contribution is 7.13. The van der Waals surface area contributed by atoms with Crippen molar-refractivity contribution < 1.29 is 23.2 Å². The molecule has 66 heavy (non-hydrogen) atoms. The van der Waals surface area contributed by atoms with Crippen molar-refractivity contribution in [2.24, 2.45) is 0 Å². The number of carbonyl (C=O) groups is 1. The molecule has 11 nitrogen and oxygen atoms in total. The minimum absolute atomic E-state index is 0.0678. The monoisotopic (exact) mass is 909 g/mol. The number of hydrogen-bond donors (Lipinski definition) is 2. The smallest absolute Gasteiger partial charge is 0.257 e. The van der Waals surface area contributed by atoms with Crippen molar-refractivity contribution in [2.75, 3.05) is 52.5 Å². The predicted molar refractivity (Wildman–Crippen MR) is 263 cm³/mol. The summed E-state index contributed by atoms with van der Waals surface area (Å²) in [6.07, 6.45) is 4.07. The highest BCUT2D eigenvalue weighted by Gasteiger charge is 2.19. The number of nitrogens with zero attached hydrogens (tertiary/aromatic N) is 5. The van der Waals surface area contributed by atoms with E-state index in [2.05, 4.69) is 110 Å². The number of nitrogens with one attached hydrogen (secondary N) is 2. The molecule has 9 rings (SSSR count). The average Bonchev–Trinajstić information content (AvgIpc) is 4.10. The first kappa shape index (κ1) is 45.3. The van der Waals surface area contributed by atoms with E-state index in [1.807, 2.05) is 19.9 Å². The number of halogens is 1. The summed E-state index contributed by atoms with van der Waals surface area (Å²) in [6.45, 7) is 16.2. The van der Waals surface area contributed by atoms with Crippen LogP contribution in [0.3, 0.4) is 0 Å². The van der Waals surface area contributed by atoms with Crippen molar-refractivity contribution in [1.82, 2.24) is 34.8 Å². The van der Waals surface area contributed by atoms with Crippen LogP contribution in [0.5, 0.6) is 5.75 Å². The molecule has 5 heterocycles. The minimum Gasteiger partial charge on any atom is -0.481 e. The van der Waals surface area contributed by atoms with Crippen LogP contribution in [0.15, 0.2) is 88.8 Å². The van der Waals surface area contributed by atoms with Gasteiger partial charge < -0.3 is 33.8 Å². The maximum Gasteiger partial charge on any atom is 0.257 e. The van der Waals surface area contributed by atoms with Gasteiger partial charge in [0.05, 0.1) is 29.9 Å². The van der Waals surface area contributed by atoms with Gasteiger partial charge in [0.15, 0.2) is 18.2 Å². The molecule has 1 amide bonds. The van der Waals surface area contributed by atoms with Gasteiger partial charge in [0.25, 0.3) is 5.91 Å². The molecule has 2 N–H and O–H groups in total. The van der Waals surface area contributed by atoms with E-state index in [9.17, 15) is 4.79 Å². The van der Waals surface area contributed by atoms with Crippen molar-refractivity contribution in [3.8, 4) is 27.3 Å². The molecule has 0 spiro atoms. The standard InChI is InChI=1S/C53H60FN7O4S/c1-5-60-46-15-9-39(28-43(46)42-14-12-40(31-48(42)60)50-27-35(2)34-66-50)32-55-19-7-6-8-20-56-52(62)33-64-49-17-10-38(29-44(49)54)11-18-51-57-45-30-41(53-36(3)58-65-37(53)4)13-16-47(45)61(51)22-21-59-23-25-63-26-24-59/h9-10,12-17,27-31,34,55H,5-8,11,18-26,32-33H2,1-4H3,(H,56,62). The fourth-order valence-electron chi connectivity index (χ4n) is 9.35. The summed E-state index contributed by atoms with van der Waals surface area (Å²) in [7, 11) is 0. The molecule has 0 aliphatic carbocycles. The number of carbonyl (C=O) groups excluding carboxylic acids is 1. The van der Waals surface area contributed by atoms with Crippen LogP contribution in [0.4, 0.5) is 4.39 Å². The van der Waals surface area contributed by atoms with Crippen molar-refractivity contribution in [1.29, 1.82) is 0 Å². The maximum absolute atomic E-state index is 15.3. The molecule has 1 aliphatic heterocycles. The molecule has 0 bridgehead atoms. The third-order valence-electron chi connectivity index (χ3n) is 12.8. The van der Waals surface area contributed by atoms with Crippen LogP contribution < -0.4 is 15.4 Å². The summed E-state index contributed by atoms with van der Waals surface area (Å²) in [4.78, 5) is 21.4. The third kappa shape index (κ3) is 10.2. The summed E-state index contributed by atoms with van der Waals surface area (Å²) < 4.78 is 36.6. The van der Waals surface area contributed by atoms with Crippen molar-refractivity contribution in [3.63, 3.8) is 0 Å². The normalized spacial score (nSPS) is 13.4. The predicted octanol–water partition coefficient (Wildman–Crippen LogP) is 10.2. The molecule has 344 valence electrons. The lowest BCUT2D eigenvalue weighted by Crippen LogP contribution is -2.38. The number of unbranched alkanes of at least 4 members (excludes halogenated alkanes) is 2. The van der Waals surface area contributed by atoms with Gasteiger partial charge >= 0.3 is 0 Å². The number of benzene rings is 4. The first-order valence-electron chi connectivity index (χ1n) is 23.4. The number of fused-ring (bicyclic) bond motifs is 4. The van der Waals surface area contributed by atoms with Gasteiger partial charge in [-0.05, 0) is 135 Å². The van der Waals surface area contributed by atoms with Gasteiger partial charge in [-0.3, -0.25) is 9.69 Å². The first-order valence-corrected chi connectivity index (χ1v) is 24.3. The summed E-state index contributed by atoms with van der Waals surface area (Å²) in [5.41, 5.74) is 12.1. The Hall–Kier alpha value is -5.86. The highest BCUT2D eigenvalue weighted by Crippen LogP contribution is 2.35. The summed E-state index contributed by atoms with van der Waals surface area (Å²) in [5, 5.41) is 15.5. The topological polar surface area (TPSA) is 112 Å². The number of imidazole rings is 1. The van der Waals surface area contributed by atoms with Gasteiger partial charge in [0.1, 0.15) is 11.6 Å². The Balaban J connectivity index is 0.712. The lowest BCUT2D eigenvalue weighted by Gasteiger charge is -2.27. The Morgan fingerprint density at radius 3 is 2.42 bits per heavy atom. The van der Waals surface area contributed by atoms with E-state index in [0.717, 1.165) is 123 Å². The SMILES string of the molecule is CCn1c2ccc(CNCCCCCNC(=O)COc3ccc(CCc4nc5cc(-c6c(C)noc6C)ccc5n4CCN4CCOCC4)cc3F)cc2c2ccc(-c3cc(C)cs3)cc21. The van der Waals surface area contributed by atoms with E-state index in [1.165, 1.54) is 49.4 Å². The molecular weight excluding hydrogens is 850 g/mol. The Labute approximate surface area is 389 Å². The van der Waals surface area contributed by atoms with Gasteiger partial charge in [-0.15, -0.1) is 11.3 Å². The number of hydrogen-bond acceptors (Lipinski definition) is 9. The van der Waals surface area contributed by atoms with Gasteiger partial charge in [-0.2, -0.15) is 0 Å². The second-order valence-corrected chi connectivity index (χ2v) is 18.4. The maximum atomic E-state index is 15.3. The number of aromatic nitrogens is 4. The van der Waals surface area contributed by atoms with E-state index in [4.69, 9.17) is 19.0 Å². The number of aryl methyl sites for hydroxylation is 6. The highest BCUT2D eigenvalue weighted by atomic mass is 32.1. The Morgan fingerprint density at radius 1 is 0.818 bits per heavy atom. The van der Waals surface area contributed by atoms with Crippen LogP contribution in [0.1, 0.15) is 60.2 Å². The fraction of sp³-hybridized carbons (Fsp3) is 0.377. The zero-order valence-corrected chi connectivity index (χ0v) is 39.4. The summed E-state index contributed by atoms with van der Waals surface area (Å²) in [6, 6.07) is 27.3. The van der Waals surface area contributed by atoms with Gasteiger partial charge in [-0.25, -0.2) is 9.37 Å². The molecule has 13 heteroatoms. The minimum atomic E-state index is -0.483. The van der Waals surface area contributed by atoms with Crippen LogP contribution in [0, 0.1) is 26.6 Å². The largest absolute Gasteiger partial charge is 0.481 e. The molecule has 0 atom stereocenters. The number of morpholine rings is 1. The van der Waals surface area contributed by atoms with E-state index in [0.29, 0.717) is 19.4 Å². The van der Waals surface area contributed by atoms with E-state index < -0.39 is 5.82 Å². The third-order valence-corrected chi connectivity index (χ3v) is 13.9. The van der Waals surface area contributed by atoms with Gasteiger partial charge in [-0.1, -0.05) is 41.9 Å². The van der Waals surface area contributed by atoms with Crippen LogP contribution in [-0.4, -0.2) is 82.6 Å². The van der Waals surface area contributed by atoms with Crippen LogP contribution >= 0.6 is 11.3 Å². The molecule has 0 radical (unpaired) electrons. The second kappa shape index (κ2) is 20.8. The quantitative estimate of drug-likeness (QED) is 0.0728. The molecule has 0 unspecified atom stereocenters. The molecule has 0 saturated carbocycles. The van der Waals surface area contributed by atoms with Crippen LogP contribution in [-0.2, 0) is 42.0 Å². The van der Waals surface area contributed by atoms with Crippen molar-refractivity contribution in [3.05, 3.63) is 124 Å².